The van der Waals surface area contributed by atoms with Gasteiger partial charge in [-0.2, -0.15) is 11.8 Å². The molecule has 1 amide bonds. The minimum absolute atomic E-state index is 0.192. The van der Waals surface area contributed by atoms with E-state index < -0.39 is 0 Å². The van der Waals surface area contributed by atoms with Gasteiger partial charge in [0, 0.05) is 22.5 Å². The van der Waals surface area contributed by atoms with E-state index in [2.05, 4.69) is 27.9 Å². The molecule has 0 saturated carbocycles. The molecule has 0 radical (unpaired) electrons. The van der Waals surface area contributed by atoms with Crippen LogP contribution in [0.25, 0.3) is 0 Å². The summed E-state index contributed by atoms with van der Waals surface area (Å²) in [4.78, 5) is 12.1. The molecule has 2 N–H and O–H groups in total. The van der Waals surface area contributed by atoms with Crippen molar-refractivity contribution in [3.63, 3.8) is 0 Å². The maximum absolute atomic E-state index is 12.1. The van der Waals surface area contributed by atoms with Crippen LogP contribution < -0.4 is 10.1 Å². The van der Waals surface area contributed by atoms with Crippen LogP contribution in [0, 0.1) is 3.57 Å². The Morgan fingerprint density at radius 1 is 1.50 bits per heavy atom. The Kier molecular flexibility index (Phi) is 8.67. The summed E-state index contributed by atoms with van der Waals surface area (Å²) < 4.78 is 6.05. The van der Waals surface area contributed by atoms with E-state index in [1.165, 1.54) is 7.11 Å². The molecule has 0 saturated heterocycles. The molecule has 4 nitrogen and oxygen atoms in total. The lowest BCUT2D eigenvalue weighted by Crippen LogP contribution is -2.26. The molecule has 0 bridgehead atoms. The number of carbonyl (C=O) groups is 1. The fourth-order valence-electron chi connectivity index (χ4n) is 1.48. The van der Waals surface area contributed by atoms with Crippen LogP contribution in [0.2, 0.25) is 5.02 Å². The molecule has 0 aliphatic carbocycles. The summed E-state index contributed by atoms with van der Waals surface area (Å²) in [5.74, 6) is 2.03. The number of hydrogen-bond acceptors (Lipinski definition) is 4. The van der Waals surface area contributed by atoms with Crippen molar-refractivity contribution in [1.82, 2.24) is 5.32 Å². The van der Waals surface area contributed by atoms with E-state index in [-0.39, 0.29) is 12.5 Å². The molecular formula is C13H17ClINO3S. The Balaban J connectivity index is 2.53. The number of nitrogens with one attached hydrogen (secondary N) is 1. The van der Waals surface area contributed by atoms with Crippen LogP contribution in [0.5, 0.6) is 5.75 Å². The zero-order valence-electron chi connectivity index (χ0n) is 11.1. The third-order valence-electron chi connectivity index (χ3n) is 2.47. The highest BCUT2D eigenvalue weighted by atomic mass is 127. The van der Waals surface area contributed by atoms with Crippen LogP contribution in [-0.2, 0) is 0 Å². The number of benzene rings is 1. The molecule has 0 fully saturated rings. The fraction of sp³-hybridized carbons (Fsp3) is 0.462. The molecule has 1 aromatic rings. The highest BCUT2D eigenvalue weighted by molar-refractivity contribution is 14.1. The van der Waals surface area contributed by atoms with Gasteiger partial charge in [0.25, 0.3) is 5.91 Å². The zero-order valence-corrected chi connectivity index (χ0v) is 14.8. The van der Waals surface area contributed by atoms with Crippen molar-refractivity contribution in [1.29, 1.82) is 0 Å². The standard InChI is InChI=1S/C13H17ClINO3S/c1-19-12-8-11(15)10(14)7-9(12)13(18)16-3-6-20-5-2-4-17/h7-8,17H,2-6H2,1H3,(H,16,18). The molecular weight excluding hydrogens is 413 g/mol. The number of ether oxygens (including phenoxy) is 1. The lowest BCUT2D eigenvalue weighted by Gasteiger charge is -2.10. The molecule has 0 atom stereocenters. The number of thioether (sulfide) groups is 1. The van der Waals surface area contributed by atoms with Crippen LogP contribution >= 0.6 is 46.0 Å². The quantitative estimate of drug-likeness (QED) is 0.493. The van der Waals surface area contributed by atoms with Crippen LogP contribution in [0.15, 0.2) is 12.1 Å². The number of aliphatic hydroxyl groups excluding tert-OH is 1. The second-order valence-electron chi connectivity index (χ2n) is 3.91. The van der Waals surface area contributed by atoms with E-state index in [1.807, 2.05) is 0 Å². The van der Waals surface area contributed by atoms with Crippen molar-refractivity contribution in [2.24, 2.45) is 0 Å². The summed E-state index contributed by atoms with van der Waals surface area (Å²) in [6, 6.07) is 3.37. The van der Waals surface area contributed by atoms with Gasteiger partial charge in [0.1, 0.15) is 5.75 Å². The van der Waals surface area contributed by atoms with Gasteiger partial charge >= 0.3 is 0 Å². The van der Waals surface area contributed by atoms with Gasteiger partial charge < -0.3 is 15.2 Å². The minimum Gasteiger partial charge on any atom is -0.496 e. The van der Waals surface area contributed by atoms with Crippen molar-refractivity contribution >= 4 is 51.9 Å². The first-order valence-electron chi connectivity index (χ1n) is 6.10. The minimum atomic E-state index is -0.192. The Hall–Kier alpha value is -0.180. The van der Waals surface area contributed by atoms with E-state index in [0.29, 0.717) is 22.9 Å². The molecule has 1 rings (SSSR count). The number of carbonyl (C=O) groups excluding carboxylic acids is 1. The zero-order chi connectivity index (χ0) is 15.0. The molecule has 0 heterocycles. The number of methoxy groups -OCH3 is 1. The number of rotatable bonds is 8. The summed E-state index contributed by atoms with van der Waals surface area (Å²) in [5.41, 5.74) is 0.443. The molecule has 0 spiro atoms. The van der Waals surface area contributed by atoms with E-state index in [9.17, 15) is 4.79 Å². The molecule has 1 aromatic carbocycles. The van der Waals surface area contributed by atoms with Crippen molar-refractivity contribution in [2.75, 3.05) is 31.8 Å². The van der Waals surface area contributed by atoms with Crippen molar-refractivity contribution in [3.05, 3.63) is 26.3 Å². The molecule has 112 valence electrons. The average Bonchev–Trinajstić information content (AvgIpc) is 2.44. The first-order valence-corrected chi connectivity index (χ1v) is 8.71. The Morgan fingerprint density at radius 2 is 2.25 bits per heavy atom. The van der Waals surface area contributed by atoms with E-state index >= 15 is 0 Å². The third kappa shape index (κ3) is 5.67. The smallest absolute Gasteiger partial charge is 0.255 e. The Labute approximate surface area is 141 Å². The SMILES string of the molecule is COc1cc(I)c(Cl)cc1C(=O)NCCSCCCO. The topological polar surface area (TPSA) is 58.6 Å². The van der Waals surface area contributed by atoms with Crippen LogP contribution in [-0.4, -0.2) is 42.8 Å². The van der Waals surface area contributed by atoms with Crippen LogP contribution in [0.4, 0.5) is 0 Å². The maximum atomic E-state index is 12.1. The van der Waals surface area contributed by atoms with Gasteiger partial charge in [0.05, 0.1) is 17.7 Å². The third-order valence-corrected chi connectivity index (χ3v) is 5.06. The lowest BCUT2D eigenvalue weighted by molar-refractivity contribution is 0.0953. The van der Waals surface area contributed by atoms with Crippen LogP contribution in [0.1, 0.15) is 16.8 Å². The van der Waals surface area contributed by atoms with E-state index in [1.54, 1.807) is 23.9 Å². The van der Waals surface area contributed by atoms with Crippen molar-refractivity contribution in [3.8, 4) is 5.75 Å². The Bertz CT molecular complexity index is 459. The molecule has 0 aliphatic heterocycles. The van der Waals surface area contributed by atoms with Gasteiger partial charge in [-0.1, -0.05) is 11.6 Å². The molecule has 0 aliphatic rings. The lowest BCUT2D eigenvalue weighted by atomic mass is 10.2. The van der Waals surface area contributed by atoms with Crippen molar-refractivity contribution in [2.45, 2.75) is 6.42 Å². The number of halogens is 2. The number of hydrogen-bond donors (Lipinski definition) is 2. The molecule has 20 heavy (non-hydrogen) atoms. The first-order chi connectivity index (χ1) is 9.60. The largest absolute Gasteiger partial charge is 0.496 e. The number of amides is 1. The van der Waals surface area contributed by atoms with Gasteiger partial charge in [-0.25, -0.2) is 0 Å². The highest BCUT2D eigenvalue weighted by Gasteiger charge is 2.14. The molecule has 0 unspecified atom stereocenters. The normalized spacial score (nSPS) is 10.4. The summed E-state index contributed by atoms with van der Waals surface area (Å²) in [6.07, 6.45) is 0.777. The fourth-order valence-corrected chi connectivity index (χ4v) is 2.86. The number of aliphatic hydroxyl groups is 1. The molecule has 7 heteroatoms. The average molecular weight is 430 g/mol. The van der Waals surface area contributed by atoms with E-state index in [0.717, 1.165) is 21.5 Å². The summed E-state index contributed by atoms with van der Waals surface area (Å²) in [7, 11) is 1.53. The summed E-state index contributed by atoms with van der Waals surface area (Å²) >= 11 is 9.83. The van der Waals surface area contributed by atoms with Crippen LogP contribution in [0.3, 0.4) is 0 Å². The van der Waals surface area contributed by atoms with Gasteiger partial charge in [0.2, 0.25) is 0 Å². The molecule has 0 aromatic heterocycles. The highest BCUT2D eigenvalue weighted by Crippen LogP contribution is 2.28. The summed E-state index contributed by atoms with van der Waals surface area (Å²) in [6.45, 7) is 0.777. The second-order valence-corrected chi connectivity index (χ2v) is 6.71. The predicted molar refractivity (Wildman–Crippen MR) is 92.1 cm³/mol. The monoisotopic (exact) mass is 429 g/mol. The van der Waals surface area contributed by atoms with E-state index in [4.69, 9.17) is 21.4 Å². The predicted octanol–water partition coefficient (Wildman–Crippen LogP) is 2.80. The van der Waals surface area contributed by atoms with Gasteiger partial charge in [-0.05, 0) is 46.9 Å². The first kappa shape index (κ1) is 17.9. The van der Waals surface area contributed by atoms with Crippen molar-refractivity contribution < 1.29 is 14.6 Å². The Morgan fingerprint density at radius 3 is 2.90 bits per heavy atom. The van der Waals surface area contributed by atoms with Gasteiger partial charge in [-0.15, -0.1) is 0 Å². The van der Waals surface area contributed by atoms with Gasteiger partial charge in [-0.3, -0.25) is 4.79 Å². The van der Waals surface area contributed by atoms with Gasteiger partial charge in [0.15, 0.2) is 0 Å². The maximum Gasteiger partial charge on any atom is 0.255 e. The summed E-state index contributed by atoms with van der Waals surface area (Å²) in [5, 5.41) is 12.0. The second kappa shape index (κ2) is 9.70.